The number of carbonyl (C=O) groups excluding carboxylic acids is 1. The molecule has 0 aliphatic carbocycles. The fourth-order valence-electron chi connectivity index (χ4n) is 3.70. The molecule has 2 fully saturated rings. The van der Waals surface area contributed by atoms with Crippen LogP contribution in [0.25, 0.3) is 0 Å². The third kappa shape index (κ3) is 6.97. The number of rotatable bonds is 7. The van der Waals surface area contributed by atoms with Crippen molar-refractivity contribution in [2.75, 3.05) is 46.4 Å². The monoisotopic (exact) mass is 403 g/mol. The van der Waals surface area contributed by atoms with E-state index in [2.05, 4.69) is 25.5 Å². The SMILES string of the molecule is CN=C(NCCNC(=O)c1cccnc1)N1CCC(OCC2CCCCO2)CC1. The number of likely N-dealkylation sites (tertiary alicyclic amines) is 1. The minimum Gasteiger partial charge on any atom is -0.376 e. The number of aliphatic imine (C=N–C) groups is 1. The van der Waals surface area contributed by atoms with Crippen LogP contribution < -0.4 is 10.6 Å². The summed E-state index contributed by atoms with van der Waals surface area (Å²) in [4.78, 5) is 22.6. The highest BCUT2D eigenvalue weighted by molar-refractivity contribution is 5.93. The Morgan fingerprint density at radius 3 is 2.79 bits per heavy atom. The lowest BCUT2D eigenvalue weighted by Gasteiger charge is -2.35. The van der Waals surface area contributed by atoms with Gasteiger partial charge >= 0.3 is 0 Å². The Bertz CT molecular complexity index is 641. The molecule has 29 heavy (non-hydrogen) atoms. The van der Waals surface area contributed by atoms with Crippen molar-refractivity contribution >= 4 is 11.9 Å². The van der Waals surface area contributed by atoms with Gasteiger partial charge in [0.1, 0.15) is 0 Å². The second-order valence-corrected chi connectivity index (χ2v) is 7.48. The summed E-state index contributed by atoms with van der Waals surface area (Å²) < 4.78 is 11.8. The second-order valence-electron chi connectivity index (χ2n) is 7.48. The summed E-state index contributed by atoms with van der Waals surface area (Å²) in [5.41, 5.74) is 0.567. The van der Waals surface area contributed by atoms with Crippen molar-refractivity contribution in [1.29, 1.82) is 0 Å². The predicted molar refractivity (Wildman–Crippen MR) is 112 cm³/mol. The molecular weight excluding hydrogens is 370 g/mol. The van der Waals surface area contributed by atoms with Crippen molar-refractivity contribution < 1.29 is 14.3 Å². The number of guanidine groups is 1. The highest BCUT2D eigenvalue weighted by Crippen LogP contribution is 2.17. The van der Waals surface area contributed by atoms with E-state index >= 15 is 0 Å². The molecule has 2 saturated heterocycles. The highest BCUT2D eigenvalue weighted by atomic mass is 16.5. The van der Waals surface area contributed by atoms with Gasteiger partial charge < -0.3 is 25.0 Å². The number of piperidine rings is 1. The second kappa shape index (κ2) is 11.7. The van der Waals surface area contributed by atoms with Gasteiger partial charge in [-0.1, -0.05) is 0 Å². The highest BCUT2D eigenvalue weighted by Gasteiger charge is 2.23. The van der Waals surface area contributed by atoms with Gasteiger partial charge in [0, 0.05) is 52.2 Å². The summed E-state index contributed by atoms with van der Waals surface area (Å²) in [5.74, 6) is 0.754. The molecule has 8 nitrogen and oxygen atoms in total. The van der Waals surface area contributed by atoms with Gasteiger partial charge in [0.25, 0.3) is 5.91 Å². The predicted octanol–water partition coefficient (Wildman–Crippen LogP) is 1.44. The lowest BCUT2D eigenvalue weighted by atomic mass is 10.1. The van der Waals surface area contributed by atoms with Crippen LogP contribution in [0.3, 0.4) is 0 Å². The number of carbonyl (C=O) groups is 1. The molecule has 0 radical (unpaired) electrons. The van der Waals surface area contributed by atoms with E-state index in [1.165, 1.54) is 12.8 Å². The van der Waals surface area contributed by atoms with Gasteiger partial charge in [0.05, 0.1) is 24.4 Å². The first-order valence-corrected chi connectivity index (χ1v) is 10.6. The quantitative estimate of drug-likeness (QED) is 0.407. The summed E-state index contributed by atoms with van der Waals surface area (Å²) in [6.07, 6.45) is 9.31. The van der Waals surface area contributed by atoms with Gasteiger partial charge in [0.2, 0.25) is 0 Å². The van der Waals surface area contributed by atoms with E-state index < -0.39 is 0 Å². The van der Waals surface area contributed by atoms with E-state index in [4.69, 9.17) is 9.47 Å². The van der Waals surface area contributed by atoms with Crippen LogP contribution in [0.4, 0.5) is 0 Å². The molecule has 1 atom stereocenters. The summed E-state index contributed by atoms with van der Waals surface area (Å²) in [5, 5.41) is 6.22. The average molecular weight is 404 g/mol. The molecule has 2 aliphatic rings. The van der Waals surface area contributed by atoms with Gasteiger partial charge in [-0.15, -0.1) is 0 Å². The van der Waals surface area contributed by atoms with Crippen LogP contribution in [-0.2, 0) is 9.47 Å². The maximum Gasteiger partial charge on any atom is 0.252 e. The molecule has 3 heterocycles. The molecule has 8 heteroatoms. The molecule has 0 spiro atoms. The minimum atomic E-state index is -0.116. The van der Waals surface area contributed by atoms with Crippen molar-refractivity contribution in [3.05, 3.63) is 30.1 Å². The topological polar surface area (TPSA) is 88.1 Å². The number of hydrogen-bond acceptors (Lipinski definition) is 5. The molecule has 0 bridgehead atoms. The Morgan fingerprint density at radius 2 is 2.10 bits per heavy atom. The van der Waals surface area contributed by atoms with Crippen molar-refractivity contribution in [2.24, 2.45) is 4.99 Å². The number of amides is 1. The number of nitrogens with zero attached hydrogens (tertiary/aromatic N) is 3. The van der Waals surface area contributed by atoms with E-state index in [1.54, 1.807) is 31.6 Å². The lowest BCUT2D eigenvalue weighted by Crippen LogP contribution is -2.48. The fourth-order valence-corrected chi connectivity index (χ4v) is 3.70. The van der Waals surface area contributed by atoms with E-state index in [-0.39, 0.29) is 12.0 Å². The standard InChI is InChI=1S/C21H33N5O3/c1-22-21(25-11-10-24-20(27)17-5-4-9-23-15-17)26-12-7-18(8-13-26)29-16-19-6-2-3-14-28-19/h4-5,9,15,18-19H,2-3,6-8,10-14,16H2,1H3,(H,22,25)(H,24,27). The van der Waals surface area contributed by atoms with Gasteiger partial charge in [-0.3, -0.25) is 14.8 Å². The minimum absolute atomic E-state index is 0.116. The molecule has 0 saturated carbocycles. The zero-order valence-corrected chi connectivity index (χ0v) is 17.3. The largest absolute Gasteiger partial charge is 0.376 e. The van der Waals surface area contributed by atoms with E-state index in [0.717, 1.165) is 44.9 Å². The maximum absolute atomic E-state index is 12.0. The van der Waals surface area contributed by atoms with Gasteiger partial charge in [0.15, 0.2) is 5.96 Å². The number of aromatic nitrogens is 1. The first-order valence-electron chi connectivity index (χ1n) is 10.6. The molecule has 1 aromatic rings. The van der Waals surface area contributed by atoms with E-state index in [1.807, 2.05) is 0 Å². The zero-order chi connectivity index (χ0) is 20.3. The Hall–Kier alpha value is -2.19. The lowest BCUT2D eigenvalue weighted by molar-refractivity contribution is -0.0721. The number of ether oxygens (including phenoxy) is 2. The molecule has 160 valence electrons. The van der Waals surface area contributed by atoms with E-state index in [9.17, 15) is 4.79 Å². The Balaban J connectivity index is 1.31. The molecule has 3 rings (SSSR count). The third-order valence-corrected chi connectivity index (χ3v) is 5.36. The zero-order valence-electron chi connectivity index (χ0n) is 17.3. The fraction of sp³-hybridized carbons (Fsp3) is 0.667. The molecule has 1 unspecified atom stereocenters. The van der Waals surface area contributed by atoms with Crippen molar-refractivity contribution in [3.63, 3.8) is 0 Å². The van der Waals surface area contributed by atoms with E-state index in [0.29, 0.717) is 31.4 Å². The normalized spacial score (nSPS) is 21.1. The van der Waals surface area contributed by atoms with Crippen LogP contribution >= 0.6 is 0 Å². The molecular formula is C21H33N5O3. The smallest absolute Gasteiger partial charge is 0.252 e. The summed E-state index contributed by atoms with van der Waals surface area (Å²) in [6, 6.07) is 3.51. The summed E-state index contributed by atoms with van der Waals surface area (Å²) in [6.45, 7) is 4.56. The van der Waals surface area contributed by atoms with Crippen LogP contribution in [0.1, 0.15) is 42.5 Å². The molecule has 1 aromatic heterocycles. The number of nitrogens with one attached hydrogen (secondary N) is 2. The van der Waals surface area contributed by atoms with Crippen LogP contribution in [0.5, 0.6) is 0 Å². The van der Waals surface area contributed by atoms with Crippen LogP contribution in [0.15, 0.2) is 29.5 Å². The molecule has 1 amide bonds. The first-order chi connectivity index (χ1) is 14.3. The van der Waals surface area contributed by atoms with Crippen LogP contribution in [0, 0.1) is 0 Å². The molecule has 2 aliphatic heterocycles. The number of hydrogen-bond donors (Lipinski definition) is 2. The van der Waals surface area contributed by atoms with Crippen LogP contribution in [-0.4, -0.2) is 80.4 Å². The Kier molecular flexibility index (Phi) is 8.70. The maximum atomic E-state index is 12.0. The van der Waals surface area contributed by atoms with Crippen LogP contribution in [0.2, 0.25) is 0 Å². The molecule has 2 N–H and O–H groups in total. The van der Waals surface area contributed by atoms with Gasteiger partial charge in [-0.2, -0.15) is 0 Å². The Morgan fingerprint density at radius 1 is 1.28 bits per heavy atom. The average Bonchev–Trinajstić information content (AvgIpc) is 2.79. The van der Waals surface area contributed by atoms with Gasteiger partial charge in [-0.05, 0) is 44.2 Å². The summed E-state index contributed by atoms with van der Waals surface area (Å²) >= 11 is 0. The number of pyridine rings is 1. The van der Waals surface area contributed by atoms with Crippen molar-refractivity contribution in [2.45, 2.75) is 44.3 Å². The Labute approximate surface area is 173 Å². The third-order valence-electron chi connectivity index (χ3n) is 5.36. The van der Waals surface area contributed by atoms with Crippen molar-refractivity contribution in [3.8, 4) is 0 Å². The first kappa shape index (κ1) is 21.5. The summed E-state index contributed by atoms with van der Waals surface area (Å²) in [7, 11) is 1.79. The molecule has 0 aromatic carbocycles. The van der Waals surface area contributed by atoms with Gasteiger partial charge in [-0.25, -0.2) is 0 Å². The van der Waals surface area contributed by atoms with Crippen molar-refractivity contribution in [1.82, 2.24) is 20.5 Å².